The van der Waals surface area contributed by atoms with Gasteiger partial charge in [0.25, 0.3) is 5.91 Å². The molecule has 2 bridgehead atoms. The highest BCUT2D eigenvalue weighted by atomic mass is 19.1. The third-order valence-corrected chi connectivity index (χ3v) is 6.36. The molecular formula is C25H27FN4O3. The van der Waals surface area contributed by atoms with Gasteiger partial charge in [-0.3, -0.25) is 9.78 Å². The summed E-state index contributed by atoms with van der Waals surface area (Å²) < 4.78 is 25.8. The number of hydrogen-bond donors (Lipinski definition) is 3. The van der Waals surface area contributed by atoms with Crippen LogP contribution in [0.4, 0.5) is 15.8 Å². The number of fused-ring (bicyclic) bond motifs is 3. The molecule has 2 aliphatic heterocycles. The van der Waals surface area contributed by atoms with Gasteiger partial charge in [-0.25, -0.2) is 4.39 Å². The molecule has 7 nitrogen and oxygen atoms in total. The zero-order valence-electron chi connectivity index (χ0n) is 18.5. The minimum absolute atomic E-state index is 0.0896. The zero-order valence-corrected chi connectivity index (χ0v) is 18.5. The Hall–Kier alpha value is -3.55. The number of carbonyl (C=O) groups excluding carboxylic acids is 1. The maximum atomic E-state index is 14.4. The molecule has 1 atom stereocenters. The van der Waals surface area contributed by atoms with Crippen molar-refractivity contribution in [1.29, 1.82) is 0 Å². The van der Waals surface area contributed by atoms with Crippen molar-refractivity contribution in [1.82, 2.24) is 15.3 Å². The number of halogens is 1. The molecule has 0 aliphatic carbocycles. The van der Waals surface area contributed by atoms with Crippen LogP contribution in [0.25, 0.3) is 11.3 Å². The number of nitrogens with zero attached hydrogens (tertiary/aromatic N) is 1. The lowest BCUT2D eigenvalue weighted by Crippen LogP contribution is -2.35. The summed E-state index contributed by atoms with van der Waals surface area (Å²) in [5.74, 6) is 0.262. The van der Waals surface area contributed by atoms with E-state index >= 15 is 0 Å². The van der Waals surface area contributed by atoms with Crippen molar-refractivity contribution in [3.63, 3.8) is 0 Å². The van der Waals surface area contributed by atoms with Crippen LogP contribution in [-0.4, -0.2) is 36.1 Å². The first-order valence-electron chi connectivity index (χ1n) is 11.4. The number of para-hydroxylation sites is 1. The van der Waals surface area contributed by atoms with E-state index in [9.17, 15) is 9.18 Å². The topological polar surface area (TPSA) is 88.3 Å². The maximum absolute atomic E-state index is 14.4. The van der Waals surface area contributed by atoms with Crippen LogP contribution in [0.5, 0.6) is 11.5 Å². The number of aromatic amines is 1. The van der Waals surface area contributed by atoms with E-state index < -0.39 is 5.82 Å². The molecule has 172 valence electrons. The third-order valence-electron chi connectivity index (χ3n) is 6.36. The molecule has 0 fully saturated rings. The van der Waals surface area contributed by atoms with Crippen LogP contribution in [-0.2, 0) is 0 Å². The highest BCUT2D eigenvalue weighted by Gasteiger charge is 2.33. The van der Waals surface area contributed by atoms with Crippen LogP contribution in [0, 0.1) is 5.82 Å². The molecule has 0 radical (unpaired) electrons. The molecule has 3 aromatic rings. The molecule has 3 N–H and O–H groups in total. The molecule has 1 amide bonds. The van der Waals surface area contributed by atoms with Gasteiger partial charge in [-0.15, -0.1) is 0 Å². The molecule has 0 saturated heterocycles. The predicted octanol–water partition coefficient (Wildman–Crippen LogP) is 5.14. The van der Waals surface area contributed by atoms with Crippen molar-refractivity contribution in [2.75, 3.05) is 25.6 Å². The van der Waals surface area contributed by atoms with E-state index in [1.807, 2.05) is 6.07 Å². The van der Waals surface area contributed by atoms with Gasteiger partial charge in [0.2, 0.25) is 0 Å². The number of benzene rings is 1. The Morgan fingerprint density at radius 3 is 2.97 bits per heavy atom. The van der Waals surface area contributed by atoms with Crippen molar-refractivity contribution in [3.8, 4) is 22.8 Å². The highest BCUT2D eigenvalue weighted by Crippen LogP contribution is 2.44. The lowest BCUT2D eigenvalue weighted by atomic mass is 9.91. The van der Waals surface area contributed by atoms with E-state index in [2.05, 4.69) is 20.6 Å². The molecule has 33 heavy (non-hydrogen) atoms. The van der Waals surface area contributed by atoms with Gasteiger partial charge in [0.1, 0.15) is 5.75 Å². The summed E-state index contributed by atoms with van der Waals surface area (Å²) in [6.07, 6.45) is 8.62. The number of H-pyrrole nitrogens is 1. The fourth-order valence-electron chi connectivity index (χ4n) is 4.72. The Labute approximate surface area is 191 Å². The van der Waals surface area contributed by atoms with Crippen LogP contribution in [0.3, 0.4) is 0 Å². The Bertz CT molecular complexity index is 1180. The standard InChI is InChI=1S/C25H27FN4O3/c1-32-24-17(26)8-6-9-18(24)29-23-20-21-15(13-28-25(20)31)7-4-2-3-5-12-33-19-14-27-11-10-16(19)22(23)30-21/h6,8-11,14-15,29-30H,2-5,7,12-13H2,1H3,(H,28,31)/t15-/m0/s1. The first kappa shape index (κ1) is 21.3. The summed E-state index contributed by atoms with van der Waals surface area (Å²) in [5.41, 5.74) is 3.96. The number of aromatic nitrogens is 2. The Morgan fingerprint density at radius 2 is 2.09 bits per heavy atom. The number of carbonyl (C=O) groups is 1. The minimum Gasteiger partial charge on any atom is -0.492 e. The number of anilines is 2. The van der Waals surface area contributed by atoms with Crippen molar-refractivity contribution < 1.29 is 18.7 Å². The number of nitrogens with one attached hydrogen (secondary N) is 3. The lowest BCUT2D eigenvalue weighted by Gasteiger charge is -2.24. The Morgan fingerprint density at radius 1 is 1.21 bits per heavy atom. The molecule has 0 saturated carbocycles. The molecule has 5 rings (SSSR count). The second kappa shape index (κ2) is 9.13. The first-order valence-corrected chi connectivity index (χ1v) is 11.4. The normalized spacial score (nSPS) is 18.0. The summed E-state index contributed by atoms with van der Waals surface area (Å²) in [7, 11) is 1.42. The Balaban J connectivity index is 1.71. The average molecular weight is 451 g/mol. The van der Waals surface area contributed by atoms with E-state index in [1.54, 1.807) is 24.5 Å². The summed E-state index contributed by atoms with van der Waals surface area (Å²) in [4.78, 5) is 20.9. The second-order valence-corrected chi connectivity index (χ2v) is 8.44. The minimum atomic E-state index is -0.481. The van der Waals surface area contributed by atoms with Gasteiger partial charge in [0, 0.05) is 29.9 Å². The number of hydrogen-bond acceptors (Lipinski definition) is 5. The van der Waals surface area contributed by atoms with Crippen molar-refractivity contribution in [2.24, 2.45) is 0 Å². The number of methoxy groups -OCH3 is 1. The average Bonchev–Trinajstić information content (AvgIpc) is 3.20. The van der Waals surface area contributed by atoms with Gasteiger partial charge < -0.3 is 25.1 Å². The first-order chi connectivity index (χ1) is 16.2. The number of ether oxygens (including phenoxy) is 2. The third kappa shape index (κ3) is 4.01. The summed E-state index contributed by atoms with van der Waals surface area (Å²) >= 11 is 0. The summed E-state index contributed by atoms with van der Waals surface area (Å²) in [6, 6.07) is 6.54. The van der Waals surface area contributed by atoms with Crippen LogP contribution < -0.4 is 20.1 Å². The summed E-state index contributed by atoms with van der Waals surface area (Å²) in [5, 5.41) is 6.34. The highest BCUT2D eigenvalue weighted by molar-refractivity contribution is 6.07. The Kier molecular flexibility index (Phi) is 5.90. The predicted molar refractivity (Wildman–Crippen MR) is 124 cm³/mol. The van der Waals surface area contributed by atoms with Crippen LogP contribution in [0.2, 0.25) is 0 Å². The largest absolute Gasteiger partial charge is 0.492 e. The van der Waals surface area contributed by atoms with E-state index in [0.29, 0.717) is 41.5 Å². The van der Waals surface area contributed by atoms with E-state index in [-0.39, 0.29) is 17.6 Å². The molecule has 8 heteroatoms. The monoisotopic (exact) mass is 450 g/mol. The van der Waals surface area contributed by atoms with Crippen molar-refractivity contribution in [3.05, 3.63) is 53.7 Å². The SMILES string of the molecule is COc1c(F)cccc1Nc1c2[nH]c3c1C(=O)NC[C@@H]3CCCCCCOc1cnccc1-2. The molecule has 2 aliphatic rings. The van der Waals surface area contributed by atoms with Crippen LogP contribution in [0.15, 0.2) is 36.7 Å². The van der Waals surface area contributed by atoms with E-state index in [0.717, 1.165) is 43.4 Å². The molecule has 0 unspecified atom stereocenters. The van der Waals surface area contributed by atoms with E-state index in [4.69, 9.17) is 9.47 Å². The van der Waals surface area contributed by atoms with Gasteiger partial charge >= 0.3 is 0 Å². The molecule has 1 aromatic carbocycles. The maximum Gasteiger partial charge on any atom is 0.255 e. The number of rotatable bonds is 3. The number of amides is 1. The fourth-order valence-corrected chi connectivity index (χ4v) is 4.72. The quantitative estimate of drug-likeness (QED) is 0.514. The van der Waals surface area contributed by atoms with E-state index in [1.165, 1.54) is 13.2 Å². The van der Waals surface area contributed by atoms with Gasteiger partial charge in [0.15, 0.2) is 11.6 Å². The molecular weight excluding hydrogens is 423 g/mol. The van der Waals surface area contributed by atoms with Crippen molar-refractivity contribution >= 4 is 17.3 Å². The fraction of sp³-hybridized carbons (Fsp3) is 0.360. The molecule has 2 aromatic heterocycles. The molecule has 0 spiro atoms. The van der Waals surface area contributed by atoms with Gasteiger partial charge in [-0.2, -0.15) is 0 Å². The van der Waals surface area contributed by atoms with Crippen molar-refractivity contribution in [2.45, 2.75) is 38.0 Å². The smallest absolute Gasteiger partial charge is 0.255 e. The molecule has 4 heterocycles. The van der Waals surface area contributed by atoms with Gasteiger partial charge in [-0.05, 0) is 31.0 Å². The summed E-state index contributed by atoms with van der Waals surface area (Å²) in [6.45, 7) is 1.19. The zero-order chi connectivity index (χ0) is 22.8. The van der Waals surface area contributed by atoms with Crippen LogP contribution in [0.1, 0.15) is 54.1 Å². The van der Waals surface area contributed by atoms with Gasteiger partial charge in [-0.1, -0.05) is 25.3 Å². The van der Waals surface area contributed by atoms with Crippen LogP contribution >= 0.6 is 0 Å². The lowest BCUT2D eigenvalue weighted by molar-refractivity contribution is 0.0939. The number of pyridine rings is 1. The second-order valence-electron chi connectivity index (χ2n) is 8.44. The van der Waals surface area contributed by atoms with Gasteiger partial charge in [0.05, 0.1) is 42.5 Å².